The second kappa shape index (κ2) is 11.0. The number of rotatable bonds is 9. The highest BCUT2D eigenvalue weighted by atomic mass is 35.5. The molecule has 0 aliphatic rings. The fraction of sp³-hybridized carbons (Fsp3) is 0.286. The molecule has 25 heavy (non-hydrogen) atoms. The number of anilines is 1. The Labute approximate surface area is 160 Å². The van der Waals surface area contributed by atoms with Crippen molar-refractivity contribution in [2.24, 2.45) is 5.10 Å². The number of nitrogens with one attached hydrogen (secondary N) is 1. The van der Waals surface area contributed by atoms with Gasteiger partial charge in [0.15, 0.2) is 0 Å². The number of hydrogen-bond acceptors (Lipinski definition) is 2. The lowest BCUT2D eigenvalue weighted by molar-refractivity contribution is 0.683. The maximum absolute atomic E-state index is 6.08. The summed E-state index contributed by atoms with van der Waals surface area (Å²) in [5.41, 5.74) is 6.14. The van der Waals surface area contributed by atoms with Gasteiger partial charge in [0.2, 0.25) is 0 Å². The van der Waals surface area contributed by atoms with E-state index in [1.807, 2.05) is 60.7 Å². The van der Waals surface area contributed by atoms with E-state index in [0.29, 0.717) is 10.0 Å². The van der Waals surface area contributed by atoms with Crippen molar-refractivity contribution in [2.45, 2.75) is 39.0 Å². The van der Waals surface area contributed by atoms with Gasteiger partial charge in [0.1, 0.15) is 0 Å². The topological polar surface area (TPSA) is 24.4 Å². The standard InChI is InChI=1S/C21H24Cl2N2/c1-2-3-4-6-11-19(25-24-18-9-7-5-8-10-18)14-12-17-13-15-20(22)21(23)16-17/h5,7-10,12-16,24H,2-4,6,11H2,1H3/b14-12-,25-19+. The third-order valence-corrected chi connectivity index (χ3v) is 4.54. The fourth-order valence-corrected chi connectivity index (χ4v) is 2.67. The van der Waals surface area contributed by atoms with Gasteiger partial charge in [-0.25, -0.2) is 0 Å². The van der Waals surface area contributed by atoms with E-state index in [2.05, 4.69) is 17.5 Å². The Kier molecular flexibility index (Phi) is 8.58. The molecule has 0 radical (unpaired) electrons. The Morgan fingerprint density at radius 3 is 2.52 bits per heavy atom. The number of hydrazone groups is 1. The number of hydrogen-bond donors (Lipinski definition) is 1. The minimum absolute atomic E-state index is 0.563. The zero-order valence-electron chi connectivity index (χ0n) is 14.5. The molecule has 2 rings (SSSR count). The minimum Gasteiger partial charge on any atom is -0.278 e. The smallest absolute Gasteiger partial charge is 0.0607 e. The highest BCUT2D eigenvalue weighted by molar-refractivity contribution is 6.42. The lowest BCUT2D eigenvalue weighted by Crippen LogP contribution is -1.99. The molecule has 0 heterocycles. The van der Waals surface area contributed by atoms with Crippen LogP contribution in [0.4, 0.5) is 5.69 Å². The maximum Gasteiger partial charge on any atom is 0.0607 e. The normalized spacial score (nSPS) is 11.9. The Morgan fingerprint density at radius 1 is 1.00 bits per heavy atom. The van der Waals surface area contributed by atoms with Gasteiger partial charge < -0.3 is 0 Å². The van der Waals surface area contributed by atoms with Crippen molar-refractivity contribution in [1.29, 1.82) is 0 Å². The molecular formula is C21H24Cl2N2. The van der Waals surface area contributed by atoms with Gasteiger partial charge in [-0.05, 0) is 48.7 Å². The first-order chi connectivity index (χ1) is 12.2. The lowest BCUT2D eigenvalue weighted by atomic mass is 10.1. The second-order valence-corrected chi connectivity index (χ2v) is 6.71. The quantitative estimate of drug-likeness (QED) is 0.275. The van der Waals surface area contributed by atoms with E-state index in [1.165, 1.54) is 19.3 Å². The molecule has 0 unspecified atom stereocenters. The molecule has 0 aromatic heterocycles. The number of halogens is 2. The molecule has 132 valence electrons. The summed E-state index contributed by atoms with van der Waals surface area (Å²) in [5.74, 6) is 0. The molecule has 0 aliphatic carbocycles. The third-order valence-electron chi connectivity index (χ3n) is 3.80. The average molecular weight is 375 g/mol. The van der Waals surface area contributed by atoms with Crippen molar-refractivity contribution in [3.63, 3.8) is 0 Å². The molecule has 0 amide bonds. The van der Waals surface area contributed by atoms with Gasteiger partial charge in [-0.1, -0.05) is 79.7 Å². The summed E-state index contributed by atoms with van der Waals surface area (Å²) < 4.78 is 0. The summed E-state index contributed by atoms with van der Waals surface area (Å²) in [5, 5.41) is 5.70. The second-order valence-electron chi connectivity index (χ2n) is 5.90. The number of nitrogens with zero attached hydrogens (tertiary/aromatic N) is 1. The van der Waals surface area contributed by atoms with E-state index in [1.54, 1.807) is 0 Å². The maximum atomic E-state index is 6.08. The van der Waals surface area contributed by atoms with Crippen LogP contribution in [-0.4, -0.2) is 5.71 Å². The summed E-state index contributed by atoms with van der Waals surface area (Å²) >= 11 is 12.0. The molecule has 0 fully saturated rings. The SMILES string of the molecule is CCCCCCC(/C=C\c1ccc(Cl)c(Cl)c1)=N\Nc1ccccc1. The van der Waals surface area contributed by atoms with Crippen molar-refractivity contribution in [3.8, 4) is 0 Å². The predicted molar refractivity (Wildman–Crippen MR) is 112 cm³/mol. The van der Waals surface area contributed by atoms with Crippen LogP contribution in [0.5, 0.6) is 0 Å². The van der Waals surface area contributed by atoms with Crippen molar-refractivity contribution in [1.82, 2.24) is 0 Å². The third kappa shape index (κ3) is 7.33. The van der Waals surface area contributed by atoms with E-state index in [4.69, 9.17) is 23.2 Å². The number of allylic oxidation sites excluding steroid dienone is 1. The summed E-state index contributed by atoms with van der Waals surface area (Å²) in [6.45, 7) is 2.22. The van der Waals surface area contributed by atoms with Crippen LogP contribution in [-0.2, 0) is 0 Å². The molecular weight excluding hydrogens is 351 g/mol. The van der Waals surface area contributed by atoms with Crippen molar-refractivity contribution < 1.29 is 0 Å². The van der Waals surface area contributed by atoms with E-state index in [0.717, 1.165) is 29.8 Å². The van der Waals surface area contributed by atoms with Crippen LogP contribution in [0.3, 0.4) is 0 Å². The highest BCUT2D eigenvalue weighted by Gasteiger charge is 1.99. The molecule has 0 saturated carbocycles. The Morgan fingerprint density at radius 2 is 1.80 bits per heavy atom. The molecule has 0 saturated heterocycles. The van der Waals surface area contributed by atoms with Crippen LogP contribution in [0, 0.1) is 0 Å². The Balaban J connectivity index is 2.06. The number of para-hydroxylation sites is 1. The summed E-state index contributed by atoms with van der Waals surface area (Å²) in [4.78, 5) is 0. The minimum atomic E-state index is 0.563. The number of unbranched alkanes of at least 4 members (excludes halogenated alkanes) is 3. The Bertz CT molecular complexity index is 709. The van der Waals surface area contributed by atoms with Crippen molar-refractivity contribution in [3.05, 3.63) is 70.2 Å². The van der Waals surface area contributed by atoms with Gasteiger partial charge in [-0.15, -0.1) is 0 Å². The van der Waals surface area contributed by atoms with Gasteiger partial charge in [-0.2, -0.15) is 5.10 Å². The Hall–Kier alpha value is -1.77. The van der Waals surface area contributed by atoms with E-state index in [-0.39, 0.29) is 0 Å². The molecule has 1 N–H and O–H groups in total. The molecule has 0 spiro atoms. The first-order valence-corrected chi connectivity index (χ1v) is 9.45. The van der Waals surface area contributed by atoms with Gasteiger partial charge in [0.05, 0.1) is 21.4 Å². The van der Waals surface area contributed by atoms with Crippen LogP contribution < -0.4 is 5.43 Å². The van der Waals surface area contributed by atoms with Crippen LogP contribution in [0.1, 0.15) is 44.6 Å². The van der Waals surface area contributed by atoms with Crippen LogP contribution in [0.2, 0.25) is 10.0 Å². The molecule has 2 aromatic rings. The first-order valence-electron chi connectivity index (χ1n) is 8.70. The monoisotopic (exact) mass is 374 g/mol. The summed E-state index contributed by atoms with van der Waals surface area (Å²) in [7, 11) is 0. The van der Waals surface area contributed by atoms with Crippen molar-refractivity contribution >= 4 is 40.7 Å². The average Bonchev–Trinajstić information content (AvgIpc) is 2.64. The zero-order valence-corrected chi connectivity index (χ0v) is 16.0. The van der Waals surface area contributed by atoms with Crippen LogP contribution in [0.15, 0.2) is 59.7 Å². The zero-order chi connectivity index (χ0) is 17.9. The molecule has 2 aromatic carbocycles. The summed E-state index contributed by atoms with van der Waals surface area (Å²) in [6.07, 6.45) is 9.85. The van der Waals surface area contributed by atoms with Gasteiger partial charge >= 0.3 is 0 Å². The van der Waals surface area contributed by atoms with Crippen molar-refractivity contribution in [2.75, 3.05) is 5.43 Å². The van der Waals surface area contributed by atoms with Gasteiger partial charge in [-0.3, -0.25) is 5.43 Å². The largest absolute Gasteiger partial charge is 0.278 e. The number of benzene rings is 2. The van der Waals surface area contributed by atoms with Crippen LogP contribution in [0.25, 0.3) is 6.08 Å². The molecule has 0 atom stereocenters. The highest BCUT2D eigenvalue weighted by Crippen LogP contribution is 2.23. The molecule has 0 aliphatic heterocycles. The molecule has 2 nitrogen and oxygen atoms in total. The van der Waals surface area contributed by atoms with E-state index < -0.39 is 0 Å². The molecule has 4 heteroatoms. The lowest BCUT2D eigenvalue weighted by Gasteiger charge is -2.05. The first kappa shape index (κ1) is 19.6. The predicted octanol–water partition coefficient (Wildman–Crippen LogP) is 7.45. The van der Waals surface area contributed by atoms with E-state index in [9.17, 15) is 0 Å². The molecule has 0 bridgehead atoms. The van der Waals surface area contributed by atoms with Gasteiger partial charge in [0.25, 0.3) is 0 Å². The van der Waals surface area contributed by atoms with Crippen LogP contribution >= 0.6 is 23.2 Å². The van der Waals surface area contributed by atoms with E-state index >= 15 is 0 Å². The fourth-order valence-electron chi connectivity index (χ4n) is 2.37. The van der Waals surface area contributed by atoms with Gasteiger partial charge in [0, 0.05) is 0 Å². The summed E-state index contributed by atoms with van der Waals surface area (Å²) in [6, 6.07) is 15.6.